The number of aromatic nitrogens is 2. The monoisotopic (exact) mass is 257 g/mol. The van der Waals surface area contributed by atoms with Gasteiger partial charge in [0, 0.05) is 10.7 Å². The Morgan fingerprint density at radius 2 is 2.11 bits per heavy atom. The molecule has 0 unspecified atom stereocenters. The number of imidazole rings is 1. The van der Waals surface area contributed by atoms with Gasteiger partial charge in [0.15, 0.2) is 0 Å². The molecule has 0 fully saturated rings. The van der Waals surface area contributed by atoms with E-state index in [1.807, 2.05) is 17.0 Å². The molecular formula is C14H12ClN3. The molecule has 0 amide bonds. The lowest BCUT2D eigenvalue weighted by atomic mass is 10.0. The first-order valence-electron chi connectivity index (χ1n) is 6.04. The van der Waals surface area contributed by atoms with Crippen molar-refractivity contribution in [1.29, 1.82) is 5.26 Å². The van der Waals surface area contributed by atoms with Crippen LogP contribution in [0, 0.1) is 11.3 Å². The van der Waals surface area contributed by atoms with Gasteiger partial charge < -0.3 is 4.57 Å². The molecule has 1 aromatic heterocycles. The molecule has 1 aromatic carbocycles. The highest BCUT2D eigenvalue weighted by molar-refractivity contribution is 6.30. The van der Waals surface area contributed by atoms with Crippen molar-refractivity contribution in [3.05, 3.63) is 46.5 Å². The lowest BCUT2D eigenvalue weighted by molar-refractivity contribution is 0.656. The van der Waals surface area contributed by atoms with Gasteiger partial charge in [-0.25, -0.2) is 4.98 Å². The first kappa shape index (κ1) is 11.3. The first-order chi connectivity index (χ1) is 8.79. The Morgan fingerprint density at radius 1 is 1.28 bits per heavy atom. The Morgan fingerprint density at radius 3 is 2.94 bits per heavy atom. The molecular weight excluding hydrogens is 246 g/mol. The molecule has 0 spiro atoms. The van der Waals surface area contributed by atoms with E-state index in [-0.39, 0.29) is 0 Å². The third-order valence-electron chi connectivity index (χ3n) is 3.37. The quantitative estimate of drug-likeness (QED) is 0.787. The molecule has 90 valence electrons. The summed E-state index contributed by atoms with van der Waals surface area (Å²) in [7, 11) is 0. The topological polar surface area (TPSA) is 41.6 Å². The molecule has 0 radical (unpaired) electrons. The predicted octanol–water partition coefficient (Wildman–Crippen LogP) is 3.28. The molecule has 0 N–H and O–H groups in total. The van der Waals surface area contributed by atoms with E-state index in [4.69, 9.17) is 11.6 Å². The van der Waals surface area contributed by atoms with E-state index in [1.54, 1.807) is 12.1 Å². The summed E-state index contributed by atoms with van der Waals surface area (Å²) in [5.74, 6) is 0. The van der Waals surface area contributed by atoms with E-state index in [0.29, 0.717) is 10.6 Å². The minimum absolute atomic E-state index is 0.630. The highest BCUT2D eigenvalue weighted by Gasteiger charge is 2.17. The Labute approximate surface area is 111 Å². The molecule has 0 bridgehead atoms. The van der Waals surface area contributed by atoms with Crippen LogP contribution in [-0.4, -0.2) is 9.55 Å². The van der Waals surface area contributed by atoms with Gasteiger partial charge in [-0.05, 0) is 43.9 Å². The van der Waals surface area contributed by atoms with Crippen LogP contribution in [-0.2, 0) is 12.8 Å². The van der Waals surface area contributed by atoms with Crippen LogP contribution in [0.2, 0.25) is 5.02 Å². The van der Waals surface area contributed by atoms with E-state index >= 15 is 0 Å². The maximum absolute atomic E-state index is 9.19. The molecule has 3 nitrogen and oxygen atoms in total. The zero-order valence-corrected chi connectivity index (χ0v) is 10.6. The summed E-state index contributed by atoms with van der Waals surface area (Å²) in [5, 5.41) is 9.83. The molecule has 4 heteroatoms. The van der Waals surface area contributed by atoms with Gasteiger partial charge in [-0.3, -0.25) is 0 Å². The SMILES string of the molecule is N#Cc1ccc(Cl)cc1-n1cnc2c1CCCC2. The van der Waals surface area contributed by atoms with Gasteiger partial charge >= 0.3 is 0 Å². The average molecular weight is 258 g/mol. The lowest BCUT2D eigenvalue weighted by Crippen LogP contribution is -2.07. The fraction of sp³-hybridized carbons (Fsp3) is 0.286. The second-order valence-electron chi connectivity index (χ2n) is 4.49. The molecule has 18 heavy (non-hydrogen) atoms. The summed E-state index contributed by atoms with van der Waals surface area (Å²) in [6.07, 6.45) is 6.24. The van der Waals surface area contributed by atoms with E-state index in [9.17, 15) is 5.26 Å². The number of benzene rings is 1. The zero-order chi connectivity index (χ0) is 12.5. The van der Waals surface area contributed by atoms with Gasteiger partial charge in [0.25, 0.3) is 0 Å². The third kappa shape index (κ3) is 1.79. The summed E-state index contributed by atoms with van der Waals surface area (Å²) < 4.78 is 2.01. The number of nitrogens with zero attached hydrogens (tertiary/aromatic N) is 3. The average Bonchev–Trinajstić information content (AvgIpc) is 2.82. The van der Waals surface area contributed by atoms with Crippen LogP contribution in [0.4, 0.5) is 0 Å². The van der Waals surface area contributed by atoms with Crippen LogP contribution in [0.15, 0.2) is 24.5 Å². The standard InChI is InChI=1S/C14H12ClN3/c15-11-6-5-10(8-16)14(7-11)18-9-17-12-3-1-2-4-13(12)18/h5-7,9H,1-4H2. The van der Waals surface area contributed by atoms with Gasteiger partial charge in [0.05, 0.1) is 23.3 Å². The number of halogens is 1. The van der Waals surface area contributed by atoms with E-state index in [0.717, 1.165) is 24.2 Å². The predicted molar refractivity (Wildman–Crippen MR) is 69.9 cm³/mol. The summed E-state index contributed by atoms with van der Waals surface area (Å²) in [5.41, 5.74) is 3.84. The van der Waals surface area contributed by atoms with Crippen LogP contribution in [0.5, 0.6) is 0 Å². The van der Waals surface area contributed by atoms with Crippen LogP contribution < -0.4 is 0 Å². The van der Waals surface area contributed by atoms with Crippen molar-refractivity contribution < 1.29 is 0 Å². The fourth-order valence-corrected chi connectivity index (χ4v) is 2.64. The summed E-state index contributed by atoms with van der Waals surface area (Å²) in [6.45, 7) is 0. The summed E-state index contributed by atoms with van der Waals surface area (Å²) in [4.78, 5) is 4.45. The Kier molecular flexibility index (Phi) is 2.81. The van der Waals surface area contributed by atoms with E-state index < -0.39 is 0 Å². The maximum atomic E-state index is 9.19. The second kappa shape index (κ2) is 4.47. The number of aryl methyl sites for hydroxylation is 1. The number of hydrogen-bond acceptors (Lipinski definition) is 2. The minimum atomic E-state index is 0.630. The first-order valence-corrected chi connectivity index (χ1v) is 6.42. The Bertz CT molecular complexity index is 637. The molecule has 0 saturated heterocycles. The number of fused-ring (bicyclic) bond motifs is 1. The van der Waals surface area contributed by atoms with Gasteiger partial charge in [-0.15, -0.1) is 0 Å². The minimum Gasteiger partial charge on any atom is -0.302 e. The van der Waals surface area contributed by atoms with Crippen molar-refractivity contribution in [1.82, 2.24) is 9.55 Å². The van der Waals surface area contributed by atoms with E-state index in [1.165, 1.54) is 18.5 Å². The van der Waals surface area contributed by atoms with Crippen LogP contribution in [0.25, 0.3) is 5.69 Å². The molecule has 0 saturated carbocycles. The largest absolute Gasteiger partial charge is 0.302 e. The van der Waals surface area contributed by atoms with Gasteiger partial charge in [0.1, 0.15) is 6.07 Å². The number of hydrogen-bond donors (Lipinski definition) is 0. The Hall–Kier alpha value is -1.79. The third-order valence-corrected chi connectivity index (χ3v) is 3.60. The van der Waals surface area contributed by atoms with Crippen molar-refractivity contribution in [2.45, 2.75) is 25.7 Å². The number of nitriles is 1. The van der Waals surface area contributed by atoms with Gasteiger partial charge in [-0.2, -0.15) is 5.26 Å². The Balaban J connectivity index is 2.18. The maximum Gasteiger partial charge on any atom is 0.101 e. The number of rotatable bonds is 1. The molecule has 2 aromatic rings. The van der Waals surface area contributed by atoms with Gasteiger partial charge in [-0.1, -0.05) is 11.6 Å². The second-order valence-corrected chi connectivity index (χ2v) is 4.92. The molecule has 1 aliphatic rings. The summed E-state index contributed by atoms with van der Waals surface area (Å²) in [6, 6.07) is 7.54. The highest BCUT2D eigenvalue weighted by Crippen LogP contribution is 2.26. The summed E-state index contributed by atoms with van der Waals surface area (Å²) >= 11 is 6.03. The van der Waals surface area contributed by atoms with Crippen LogP contribution in [0.1, 0.15) is 29.8 Å². The molecule has 3 rings (SSSR count). The molecule has 1 heterocycles. The molecule has 1 aliphatic carbocycles. The molecule has 0 aliphatic heterocycles. The normalized spacial score (nSPS) is 14.0. The van der Waals surface area contributed by atoms with Crippen LogP contribution >= 0.6 is 11.6 Å². The smallest absolute Gasteiger partial charge is 0.101 e. The van der Waals surface area contributed by atoms with Crippen molar-refractivity contribution in [2.24, 2.45) is 0 Å². The fourth-order valence-electron chi connectivity index (χ4n) is 2.48. The molecule has 0 atom stereocenters. The van der Waals surface area contributed by atoms with Crippen LogP contribution in [0.3, 0.4) is 0 Å². The lowest BCUT2D eigenvalue weighted by Gasteiger charge is -2.15. The van der Waals surface area contributed by atoms with E-state index in [2.05, 4.69) is 11.1 Å². The van der Waals surface area contributed by atoms with Gasteiger partial charge in [0.2, 0.25) is 0 Å². The van der Waals surface area contributed by atoms with Crippen molar-refractivity contribution >= 4 is 11.6 Å². The highest BCUT2D eigenvalue weighted by atomic mass is 35.5. The van der Waals surface area contributed by atoms with Crippen molar-refractivity contribution in [3.8, 4) is 11.8 Å². The van der Waals surface area contributed by atoms with Crippen molar-refractivity contribution in [3.63, 3.8) is 0 Å². The zero-order valence-electron chi connectivity index (χ0n) is 9.86. The van der Waals surface area contributed by atoms with Crippen molar-refractivity contribution in [2.75, 3.05) is 0 Å².